The topological polar surface area (TPSA) is 55.6 Å². The SMILES string of the molecule is NCCCN(C(=O)CC1CCCO1)C1CC1. The zero-order chi connectivity index (χ0) is 11.4. The van der Waals surface area contributed by atoms with Crippen LogP contribution in [0.2, 0.25) is 0 Å². The summed E-state index contributed by atoms with van der Waals surface area (Å²) in [6.07, 6.45) is 6.13. The molecule has 2 rings (SSSR count). The molecular weight excluding hydrogens is 204 g/mol. The van der Waals surface area contributed by atoms with Gasteiger partial charge in [-0.3, -0.25) is 4.79 Å². The maximum Gasteiger partial charge on any atom is 0.225 e. The van der Waals surface area contributed by atoms with Crippen molar-refractivity contribution in [1.82, 2.24) is 4.90 Å². The highest BCUT2D eigenvalue weighted by Gasteiger charge is 2.33. The molecule has 1 atom stereocenters. The van der Waals surface area contributed by atoms with Crippen molar-refractivity contribution in [2.45, 2.75) is 50.7 Å². The Balaban J connectivity index is 1.78. The Morgan fingerprint density at radius 3 is 2.75 bits per heavy atom. The summed E-state index contributed by atoms with van der Waals surface area (Å²) in [5, 5.41) is 0. The van der Waals surface area contributed by atoms with Crippen LogP contribution in [0.25, 0.3) is 0 Å². The molecule has 1 saturated carbocycles. The molecule has 2 aliphatic rings. The summed E-state index contributed by atoms with van der Waals surface area (Å²) in [6.45, 7) is 2.31. The first kappa shape index (κ1) is 11.9. The van der Waals surface area contributed by atoms with Gasteiger partial charge in [0.15, 0.2) is 0 Å². The molecule has 0 aromatic heterocycles. The van der Waals surface area contributed by atoms with E-state index in [-0.39, 0.29) is 12.0 Å². The Hall–Kier alpha value is -0.610. The van der Waals surface area contributed by atoms with Crippen molar-refractivity contribution in [3.63, 3.8) is 0 Å². The molecule has 0 bridgehead atoms. The van der Waals surface area contributed by atoms with Gasteiger partial charge in [-0.15, -0.1) is 0 Å². The van der Waals surface area contributed by atoms with Crippen molar-refractivity contribution in [1.29, 1.82) is 0 Å². The summed E-state index contributed by atoms with van der Waals surface area (Å²) in [7, 11) is 0. The average molecular weight is 226 g/mol. The number of ether oxygens (including phenoxy) is 1. The number of hydrogen-bond acceptors (Lipinski definition) is 3. The van der Waals surface area contributed by atoms with E-state index in [4.69, 9.17) is 10.5 Å². The number of nitrogens with two attached hydrogens (primary N) is 1. The fourth-order valence-corrected chi connectivity index (χ4v) is 2.28. The average Bonchev–Trinajstić information content (AvgIpc) is 2.98. The Bertz CT molecular complexity index is 235. The quantitative estimate of drug-likeness (QED) is 0.732. The second-order valence-electron chi connectivity index (χ2n) is 4.80. The summed E-state index contributed by atoms with van der Waals surface area (Å²) in [5.41, 5.74) is 5.50. The lowest BCUT2D eigenvalue weighted by Crippen LogP contribution is -2.36. The predicted octanol–water partition coefficient (Wildman–Crippen LogP) is 0.895. The molecule has 4 nitrogen and oxygen atoms in total. The molecule has 16 heavy (non-hydrogen) atoms. The van der Waals surface area contributed by atoms with E-state index in [0.717, 1.165) is 32.4 Å². The minimum Gasteiger partial charge on any atom is -0.378 e. The van der Waals surface area contributed by atoms with E-state index in [1.165, 1.54) is 12.8 Å². The molecule has 1 aliphatic carbocycles. The molecule has 1 heterocycles. The van der Waals surface area contributed by atoms with E-state index in [2.05, 4.69) is 0 Å². The van der Waals surface area contributed by atoms with Crippen LogP contribution in [0.3, 0.4) is 0 Å². The molecular formula is C12H22N2O2. The second-order valence-corrected chi connectivity index (χ2v) is 4.80. The normalized spacial score (nSPS) is 24.7. The van der Waals surface area contributed by atoms with E-state index in [1.807, 2.05) is 4.90 Å². The first-order chi connectivity index (χ1) is 7.81. The van der Waals surface area contributed by atoms with E-state index in [1.54, 1.807) is 0 Å². The third kappa shape index (κ3) is 3.19. The Labute approximate surface area is 97.1 Å². The number of nitrogens with zero attached hydrogens (tertiary/aromatic N) is 1. The maximum atomic E-state index is 12.1. The van der Waals surface area contributed by atoms with Crippen molar-refractivity contribution < 1.29 is 9.53 Å². The van der Waals surface area contributed by atoms with Crippen LogP contribution in [0.1, 0.15) is 38.5 Å². The highest BCUT2D eigenvalue weighted by molar-refractivity contribution is 5.77. The Morgan fingerprint density at radius 2 is 2.19 bits per heavy atom. The predicted molar refractivity (Wildman–Crippen MR) is 62.0 cm³/mol. The minimum atomic E-state index is 0.173. The lowest BCUT2D eigenvalue weighted by atomic mass is 10.1. The van der Waals surface area contributed by atoms with Gasteiger partial charge in [0.05, 0.1) is 12.5 Å². The van der Waals surface area contributed by atoms with Gasteiger partial charge in [-0.05, 0) is 38.6 Å². The van der Waals surface area contributed by atoms with Gasteiger partial charge in [0.1, 0.15) is 0 Å². The third-order valence-electron chi connectivity index (χ3n) is 3.34. The van der Waals surface area contributed by atoms with Gasteiger partial charge in [-0.1, -0.05) is 0 Å². The standard InChI is InChI=1S/C12H22N2O2/c13-6-2-7-14(10-4-5-10)12(15)9-11-3-1-8-16-11/h10-11H,1-9,13H2. The van der Waals surface area contributed by atoms with Crippen LogP contribution in [0.4, 0.5) is 0 Å². The summed E-state index contributed by atoms with van der Waals surface area (Å²) in [6, 6.07) is 0.500. The summed E-state index contributed by atoms with van der Waals surface area (Å²) >= 11 is 0. The largest absolute Gasteiger partial charge is 0.378 e. The van der Waals surface area contributed by atoms with Crippen molar-refractivity contribution in [2.75, 3.05) is 19.7 Å². The molecule has 0 aromatic carbocycles. The molecule has 0 radical (unpaired) electrons. The number of carbonyl (C=O) groups excluding carboxylic acids is 1. The summed E-state index contributed by atoms with van der Waals surface area (Å²) < 4.78 is 5.51. The van der Waals surface area contributed by atoms with Crippen molar-refractivity contribution in [2.24, 2.45) is 5.73 Å². The van der Waals surface area contributed by atoms with Gasteiger partial charge >= 0.3 is 0 Å². The zero-order valence-electron chi connectivity index (χ0n) is 9.86. The highest BCUT2D eigenvalue weighted by atomic mass is 16.5. The van der Waals surface area contributed by atoms with Crippen LogP contribution in [0.5, 0.6) is 0 Å². The number of amides is 1. The zero-order valence-corrected chi connectivity index (χ0v) is 9.86. The number of hydrogen-bond donors (Lipinski definition) is 1. The third-order valence-corrected chi connectivity index (χ3v) is 3.34. The summed E-state index contributed by atoms with van der Waals surface area (Å²) in [4.78, 5) is 14.1. The van der Waals surface area contributed by atoms with Crippen LogP contribution >= 0.6 is 0 Å². The van der Waals surface area contributed by atoms with Crippen LogP contribution < -0.4 is 5.73 Å². The van der Waals surface area contributed by atoms with Gasteiger partial charge in [0.25, 0.3) is 0 Å². The van der Waals surface area contributed by atoms with Crippen molar-refractivity contribution in [3.05, 3.63) is 0 Å². The number of carbonyl (C=O) groups is 1. The molecule has 92 valence electrons. The van der Waals surface area contributed by atoms with Gasteiger partial charge < -0.3 is 15.4 Å². The first-order valence-corrected chi connectivity index (χ1v) is 6.42. The highest BCUT2D eigenvalue weighted by Crippen LogP contribution is 2.28. The van der Waals surface area contributed by atoms with Gasteiger partial charge in [0.2, 0.25) is 5.91 Å². The number of rotatable bonds is 6. The van der Waals surface area contributed by atoms with Gasteiger partial charge in [-0.25, -0.2) is 0 Å². The molecule has 2 N–H and O–H groups in total. The van der Waals surface area contributed by atoms with Crippen LogP contribution in [-0.4, -0.2) is 42.6 Å². The van der Waals surface area contributed by atoms with Crippen molar-refractivity contribution >= 4 is 5.91 Å². The van der Waals surface area contributed by atoms with Gasteiger partial charge in [0, 0.05) is 19.2 Å². The molecule has 1 saturated heterocycles. The maximum absolute atomic E-state index is 12.1. The van der Waals surface area contributed by atoms with E-state index in [0.29, 0.717) is 19.0 Å². The Kier molecular flexibility index (Phi) is 4.18. The van der Waals surface area contributed by atoms with Crippen molar-refractivity contribution in [3.8, 4) is 0 Å². The lowest BCUT2D eigenvalue weighted by molar-refractivity contribution is -0.134. The second kappa shape index (κ2) is 5.64. The molecule has 1 unspecified atom stereocenters. The first-order valence-electron chi connectivity index (χ1n) is 6.42. The monoisotopic (exact) mass is 226 g/mol. The van der Waals surface area contributed by atoms with E-state index in [9.17, 15) is 4.79 Å². The molecule has 0 aromatic rings. The van der Waals surface area contributed by atoms with E-state index >= 15 is 0 Å². The molecule has 0 spiro atoms. The van der Waals surface area contributed by atoms with Gasteiger partial charge in [-0.2, -0.15) is 0 Å². The summed E-state index contributed by atoms with van der Waals surface area (Å²) in [5.74, 6) is 0.267. The van der Waals surface area contributed by atoms with Crippen LogP contribution in [-0.2, 0) is 9.53 Å². The van der Waals surface area contributed by atoms with Crippen LogP contribution in [0.15, 0.2) is 0 Å². The fraction of sp³-hybridized carbons (Fsp3) is 0.917. The Morgan fingerprint density at radius 1 is 1.38 bits per heavy atom. The molecule has 1 aliphatic heterocycles. The molecule has 2 fully saturated rings. The minimum absolute atomic E-state index is 0.173. The van der Waals surface area contributed by atoms with E-state index < -0.39 is 0 Å². The lowest BCUT2D eigenvalue weighted by Gasteiger charge is -2.23. The fourth-order valence-electron chi connectivity index (χ4n) is 2.28. The van der Waals surface area contributed by atoms with Crippen LogP contribution in [0, 0.1) is 0 Å². The molecule has 1 amide bonds. The molecule has 4 heteroatoms. The smallest absolute Gasteiger partial charge is 0.225 e.